The van der Waals surface area contributed by atoms with Gasteiger partial charge in [-0.3, -0.25) is 0 Å². The van der Waals surface area contributed by atoms with Crippen LogP contribution < -0.4 is 14.8 Å². The van der Waals surface area contributed by atoms with Gasteiger partial charge in [-0.2, -0.15) is 0 Å². The van der Waals surface area contributed by atoms with E-state index in [0.29, 0.717) is 6.79 Å². The van der Waals surface area contributed by atoms with Gasteiger partial charge in [0, 0.05) is 5.54 Å². The SMILES string of the molecule is CSc1c(C2(C)CCCN2)ccc2c1OCO2. The van der Waals surface area contributed by atoms with Crippen molar-refractivity contribution in [3.05, 3.63) is 17.7 Å². The molecule has 1 unspecified atom stereocenters. The van der Waals surface area contributed by atoms with Crippen LogP contribution >= 0.6 is 11.8 Å². The van der Waals surface area contributed by atoms with Crippen molar-refractivity contribution in [3.63, 3.8) is 0 Å². The first-order valence-corrected chi connectivity index (χ1v) is 7.19. The minimum atomic E-state index is 0.0827. The zero-order chi connectivity index (χ0) is 11.9. The number of rotatable bonds is 2. The molecule has 1 saturated heterocycles. The van der Waals surface area contributed by atoms with Gasteiger partial charge in [0.05, 0.1) is 4.90 Å². The van der Waals surface area contributed by atoms with E-state index in [0.717, 1.165) is 18.0 Å². The molecule has 1 fully saturated rings. The molecule has 17 heavy (non-hydrogen) atoms. The van der Waals surface area contributed by atoms with Crippen LogP contribution in [-0.2, 0) is 5.54 Å². The summed E-state index contributed by atoms with van der Waals surface area (Å²) >= 11 is 1.74. The van der Waals surface area contributed by atoms with Gasteiger partial charge in [-0.1, -0.05) is 6.07 Å². The highest BCUT2D eigenvalue weighted by Crippen LogP contribution is 2.46. The molecule has 0 spiro atoms. The van der Waals surface area contributed by atoms with E-state index < -0.39 is 0 Å². The first kappa shape index (κ1) is 11.2. The van der Waals surface area contributed by atoms with Crippen LogP contribution in [0.25, 0.3) is 0 Å². The fraction of sp³-hybridized carbons (Fsp3) is 0.538. The predicted octanol–water partition coefficient (Wildman–Crippen LogP) is 2.74. The van der Waals surface area contributed by atoms with Gasteiger partial charge in [0.2, 0.25) is 6.79 Å². The summed E-state index contributed by atoms with van der Waals surface area (Å²) in [7, 11) is 0. The number of thioether (sulfide) groups is 1. The van der Waals surface area contributed by atoms with Gasteiger partial charge in [-0.25, -0.2) is 0 Å². The van der Waals surface area contributed by atoms with Crippen LogP contribution in [0.15, 0.2) is 17.0 Å². The number of fused-ring (bicyclic) bond motifs is 1. The van der Waals surface area contributed by atoms with Crippen molar-refractivity contribution in [2.45, 2.75) is 30.2 Å². The molecule has 2 heterocycles. The Morgan fingerprint density at radius 1 is 1.35 bits per heavy atom. The number of nitrogens with one attached hydrogen (secondary N) is 1. The highest BCUT2D eigenvalue weighted by Gasteiger charge is 2.34. The molecule has 2 aliphatic rings. The minimum absolute atomic E-state index is 0.0827. The lowest BCUT2D eigenvalue weighted by molar-refractivity contribution is 0.172. The quantitative estimate of drug-likeness (QED) is 0.819. The Balaban J connectivity index is 2.11. The van der Waals surface area contributed by atoms with Crippen LogP contribution in [-0.4, -0.2) is 19.6 Å². The van der Waals surface area contributed by atoms with Crippen molar-refractivity contribution in [3.8, 4) is 11.5 Å². The Morgan fingerprint density at radius 2 is 2.24 bits per heavy atom. The largest absolute Gasteiger partial charge is 0.454 e. The van der Waals surface area contributed by atoms with E-state index in [2.05, 4.69) is 24.6 Å². The molecule has 3 nitrogen and oxygen atoms in total. The summed E-state index contributed by atoms with van der Waals surface area (Å²) in [6.07, 6.45) is 4.51. The maximum Gasteiger partial charge on any atom is 0.231 e. The van der Waals surface area contributed by atoms with Crippen molar-refractivity contribution < 1.29 is 9.47 Å². The molecule has 0 amide bonds. The van der Waals surface area contributed by atoms with E-state index in [1.54, 1.807) is 11.8 Å². The summed E-state index contributed by atoms with van der Waals surface area (Å²) in [5, 5.41) is 3.61. The number of benzene rings is 1. The zero-order valence-electron chi connectivity index (χ0n) is 10.2. The Morgan fingerprint density at radius 3 is 2.94 bits per heavy atom. The Kier molecular flexibility index (Phi) is 2.71. The van der Waals surface area contributed by atoms with Crippen molar-refractivity contribution in [2.75, 3.05) is 19.6 Å². The maximum atomic E-state index is 5.59. The van der Waals surface area contributed by atoms with Gasteiger partial charge in [0.1, 0.15) is 0 Å². The Bertz CT molecular complexity index is 441. The Labute approximate surface area is 106 Å². The zero-order valence-corrected chi connectivity index (χ0v) is 11.0. The second-order valence-electron chi connectivity index (χ2n) is 4.74. The average Bonchev–Trinajstić information content (AvgIpc) is 2.96. The van der Waals surface area contributed by atoms with Gasteiger partial charge in [0.15, 0.2) is 11.5 Å². The molecule has 3 rings (SSSR count). The summed E-state index contributed by atoms with van der Waals surface area (Å²) in [6.45, 7) is 3.71. The summed E-state index contributed by atoms with van der Waals surface area (Å²) in [6, 6.07) is 4.21. The molecule has 2 aliphatic heterocycles. The van der Waals surface area contributed by atoms with Crippen molar-refractivity contribution in [2.24, 2.45) is 0 Å². The van der Waals surface area contributed by atoms with E-state index in [4.69, 9.17) is 9.47 Å². The van der Waals surface area contributed by atoms with E-state index in [1.807, 2.05) is 6.07 Å². The number of ether oxygens (including phenoxy) is 2. The third kappa shape index (κ3) is 1.70. The first-order chi connectivity index (χ1) is 8.24. The van der Waals surface area contributed by atoms with E-state index in [9.17, 15) is 0 Å². The molecule has 1 atom stereocenters. The lowest BCUT2D eigenvalue weighted by Crippen LogP contribution is -2.33. The minimum Gasteiger partial charge on any atom is -0.454 e. The van der Waals surface area contributed by atoms with Crippen molar-refractivity contribution in [1.82, 2.24) is 5.32 Å². The molecule has 0 aliphatic carbocycles. The van der Waals surface area contributed by atoms with Gasteiger partial charge in [-0.05, 0) is 44.2 Å². The molecular formula is C13H17NO2S. The highest BCUT2D eigenvalue weighted by molar-refractivity contribution is 7.98. The van der Waals surface area contributed by atoms with Crippen LogP contribution in [0, 0.1) is 0 Å². The highest BCUT2D eigenvalue weighted by atomic mass is 32.2. The smallest absolute Gasteiger partial charge is 0.231 e. The third-order valence-electron chi connectivity index (χ3n) is 3.66. The number of hydrogen-bond donors (Lipinski definition) is 1. The average molecular weight is 251 g/mol. The maximum absolute atomic E-state index is 5.59. The summed E-state index contributed by atoms with van der Waals surface area (Å²) < 4.78 is 11.0. The van der Waals surface area contributed by atoms with Gasteiger partial charge < -0.3 is 14.8 Å². The second-order valence-corrected chi connectivity index (χ2v) is 5.56. The molecular weight excluding hydrogens is 234 g/mol. The first-order valence-electron chi connectivity index (χ1n) is 5.97. The molecule has 92 valence electrons. The van der Waals surface area contributed by atoms with Crippen molar-refractivity contribution >= 4 is 11.8 Å². The monoisotopic (exact) mass is 251 g/mol. The Hall–Kier alpha value is -0.870. The topological polar surface area (TPSA) is 30.5 Å². The van der Waals surface area contributed by atoms with Crippen LogP contribution in [0.5, 0.6) is 11.5 Å². The van der Waals surface area contributed by atoms with Gasteiger partial charge >= 0.3 is 0 Å². The lowest BCUT2D eigenvalue weighted by Gasteiger charge is -2.27. The molecule has 0 bridgehead atoms. The lowest BCUT2D eigenvalue weighted by atomic mass is 9.90. The van der Waals surface area contributed by atoms with Crippen molar-refractivity contribution in [1.29, 1.82) is 0 Å². The molecule has 1 aromatic rings. The van der Waals surface area contributed by atoms with Crippen LogP contribution in [0.1, 0.15) is 25.3 Å². The molecule has 0 radical (unpaired) electrons. The second kappa shape index (κ2) is 4.10. The van der Waals surface area contributed by atoms with Crippen LogP contribution in [0.4, 0.5) is 0 Å². The van der Waals surface area contributed by atoms with E-state index >= 15 is 0 Å². The van der Waals surface area contributed by atoms with Gasteiger partial charge in [0.25, 0.3) is 0 Å². The molecule has 0 aromatic heterocycles. The summed E-state index contributed by atoms with van der Waals surface area (Å²) in [5.74, 6) is 1.80. The van der Waals surface area contributed by atoms with Crippen LogP contribution in [0.3, 0.4) is 0 Å². The molecule has 1 aromatic carbocycles. The fourth-order valence-electron chi connectivity index (χ4n) is 2.71. The predicted molar refractivity (Wildman–Crippen MR) is 68.9 cm³/mol. The summed E-state index contributed by atoms with van der Waals surface area (Å²) in [4.78, 5) is 1.22. The normalized spacial score (nSPS) is 26.5. The third-order valence-corrected chi connectivity index (χ3v) is 4.47. The van der Waals surface area contributed by atoms with Gasteiger partial charge in [-0.15, -0.1) is 11.8 Å². The standard InChI is InChI=1S/C13H17NO2S/c1-13(6-3-7-14-13)9-4-5-10-11(12(9)17-2)16-8-15-10/h4-5,14H,3,6-8H2,1-2H3. The molecule has 4 heteroatoms. The molecule has 1 N–H and O–H groups in total. The van der Waals surface area contributed by atoms with E-state index in [1.165, 1.54) is 23.3 Å². The fourth-order valence-corrected chi connectivity index (χ4v) is 3.57. The molecule has 0 saturated carbocycles. The summed E-state index contributed by atoms with van der Waals surface area (Å²) in [5.41, 5.74) is 1.42. The number of hydrogen-bond acceptors (Lipinski definition) is 4. The van der Waals surface area contributed by atoms with E-state index in [-0.39, 0.29) is 5.54 Å². The van der Waals surface area contributed by atoms with Crippen LogP contribution in [0.2, 0.25) is 0 Å².